The number of aliphatic hydroxyl groups is 1. The Hall–Kier alpha value is -3.12. The van der Waals surface area contributed by atoms with E-state index in [1.165, 1.54) is 4.57 Å². The Morgan fingerprint density at radius 2 is 1.96 bits per heavy atom. The first-order valence-corrected chi connectivity index (χ1v) is 7.95. The standard InChI is InChI=1S/C19H19N3O3/c1-13-12-20-19(25)22(13)16-9-5-8-15(10-16)21-18(24)11-17(23)14-6-3-2-4-7-14/h2-10,12,17,23H,11H2,1H3,(H,20,25)(H,21,24). The Balaban J connectivity index is 1.72. The summed E-state index contributed by atoms with van der Waals surface area (Å²) in [6.45, 7) is 1.82. The number of carbonyl (C=O) groups excluding carboxylic acids is 1. The van der Waals surface area contributed by atoms with E-state index in [1.54, 1.807) is 42.6 Å². The van der Waals surface area contributed by atoms with Crippen molar-refractivity contribution in [1.82, 2.24) is 9.55 Å². The van der Waals surface area contributed by atoms with E-state index >= 15 is 0 Å². The first-order valence-electron chi connectivity index (χ1n) is 7.95. The van der Waals surface area contributed by atoms with Crippen LogP contribution >= 0.6 is 0 Å². The molecule has 0 bridgehead atoms. The maximum Gasteiger partial charge on any atom is 0.330 e. The zero-order chi connectivity index (χ0) is 17.8. The summed E-state index contributed by atoms with van der Waals surface area (Å²) in [5.74, 6) is -0.299. The maximum absolute atomic E-state index is 12.2. The fraction of sp³-hybridized carbons (Fsp3) is 0.158. The number of nitrogens with zero attached hydrogens (tertiary/aromatic N) is 1. The molecule has 1 atom stereocenters. The summed E-state index contributed by atoms with van der Waals surface area (Å²) < 4.78 is 1.52. The molecule has 6 heteroatoms. The van der Waals surface area contributed by atoms with Gasteiger partial charge in [0.25, 0.3) is 0 Å². The molecular weight excluding hydrogens is 318 g/mol. The van der Waals surface area contributed by atoms with Crippen LogP contribution < -0.4 is 11.0 Å². The Kier molecular flexibility index (Phi) is 4.81. The van der Waals surface area contributed by atoms with Gasteiger partial charge in [-0.3, -0.25) is 9.36 Å². The highest BCUT2D eigenvalue weighted by molar-refractivity contribution is 5.91. The van der Waals surface area contributed by atoms with E-state index in [1.807, 2.05) is 25.1 Å². The summed E-state index contributed by atoms with van der Waals surface area (Å²) in [4.78, 5) is 26.7. The van der Waals surface area contributed by atoms with Gasteiger partial charge in [-0.2, -0.15) is 0 Å². The Labute approximate surface area is 144 Å². The third-order valence-corrected chi connectivity index (χ3v) is 3.91. The summed E-state index contributed by atoms with van der Waals surface area (Å²) >= 11 is 0. The molecule has 3 rings (SSSR count). The molecule has 1 aromatic heterocycles. The molecular formula is C19H19N3O3. The molecule has 3 aromatic rings. The first-order chi connectivity index (χ1) is 12.0. The quantitative estimate of drug-likeness (QED) is 0.668. The fourth-order valence-corrected chi connectivity index (χ4v) is 2.68. The number of benzene rings is 2. The zero-order valence-corrected chi connectivity index (χ0v) is 13.8. The van der Waals surface area contributed by atoms with Crippen molar-refractivity contribution in [3.05, 3.63) is 82.5 Å². The summed E-state index contributed by atoms with van der Waals surface area (Å²) in [5, 5.41) is 12.9. The number of carbonyl (C=O) groups is 1. The molecule has 3 N–H and O–H groups in total. The Morgan fingerprint density at radius 1 is 1.20 bits per heavy atom. The van der Waals surface area contributed by atoms with Gasteiger partial charge < -0.3 is 15.4 Å². The largest absolute Gasteiger partial charge is 0.388 e. The second-order valence-electron chi connectivity index (χ2n) is 5.80. The summed E-state index contributed by atoms with van der Waals surface area (Å²) in [7, 11) is 0. The van der Waals surface area contributed by atoms with Crippen LogP contribution in [-0.4, -0.2) is 20.6 Å². The van der Waals surface area contributed by atoms with Crippen LogP contribution in [0.25, 0.3) is 5.69 Å². The van der Waals surface area contributed by atoms with Crippen LogP contribution in [0.4, 0.5) is 5.69 Å². The van der Waals surface area contributed by atoms with E-state index in [2.05, 4.69) is 10.3 Å². The molecule has 6 nitrogen and oxygen atoms in total. The number of hydrogen-bond acceptors (Lipinski definition) is 3. The lowest BCUT2D eigenvalue weighted by atomic mass is 10.1. The van der Waals surface area contributed by atoms with Gasteiger partial charge in [0.2, 0.25) is 5.91 Å². The molecule has 1 amide bonds. The molecule has 0 aliphatic carbocycles. The number of imidazole rings is 1. The van der Waals surface area contributed by atoms with Crippen molar-refractivity contribution in [1.29, 1.82) is 0 Å². The minimum Gasteiger partial charge on any atom is -0.388 e. The number of aromatic amines is 1. The van der Waals surface area contributed by atoms with Crippen LogP contribution in [0.1, 0.15) is 23.8 Å². The van der Waals surface area contributed by atoms with Gasteiger partial charge in [-0.25, -0.2) is 4.79 Å². The zero-order valence-electron chi connectivity index (χ0n) is 13.8. The topological polar surface area (TPSA) is 87.1 Å². The van der Waals surface area contributed by atoms with Crippen molar-refractivity contribution in [2.24, 2.45) is 0 Å². The van der Waals surface area contributed by atoms with Gasteiger partial charge in [0.05, 0.1) is 18.2 Å². The van der Waals surface area contributed by atoms with Crippen molar-refractivity contribution < 1.29 is 9.90 Å². The predicted molar refractivity (Wildman–Crippen MR) is 95.8 cm³/mol. The lowest BCUT2D eigenvalue weighted by molar-refractivity contribution is -0.118. The number of nitrogens with one attached hydrogen (secondary N) is 2. The van der Waals surface area contributed by atoms with Gasteiger partial charge in [-0.05, 0) is 30.7 Å². The van der Waals surface area contributed by atoms with Gasteiger partial charge in [0.1, 0.15) is 0 Å². The van der Waals surface area contributed by atoms with Crippen LogP contribution in [0.15, 0.2) is 65.6 Å². The minimum absolute atomic E-state index is 0.0443. The molecule has 0 radical (unpaired) electrons. The lowest BCUT2D eigenvalue weighted by Crippen LogP contribution is -2.17. The highest BCUT2D eigenvalue weighted by Gasteiger charge is 2.13. The van der Waals surface area contributed by atoms with Crippen molar-refractivity contribution in [3.63, 3.8) is 0 Å². The number of amides is 1. The highest BCUT2D eigenvalue weighted by atomic mass is 16.3. The number of hydrogen-bond donors (Lipinski definition) is 3. The molecule has 0 spiro atoms. The molecule has 0 saturated carbocycles. The first kappa shape index (κ1) is 16.7. The van der Waals surface area contributed by atoms with Gasteiger partial charge >= 0.3 is 5.69 Å². The van der Waals surface area contributed by atoms with E-state index in [0.29, 0.717) is 16.9 Å². The van der Waals surface area contributed by atoms with Gasteiger partial charge in [-0.1, -0.05) is 36.4 Å². The van der Waals surface area contributed by atoms with E-state index < -0.39 is 6.10 Å². The molecule has 2 aromatic carbocycles. The van der Waals surface area contributed by atoms with E-state index in [-0.39, 0.29) is 18.0 Å². The average Bonchev–Trinajstić information content (AvgIpc) is 2.94. The second-order valence-corrected chi connectivity index (χ2v) is 5.80. The summed E-state index contributed by atoms with van der Waals surface area (Å²) in [6, 6.07) is 16.0. The van der Waals surface area contributed by atoms with Gasteiger partial charge in [0, 0.05) is 17.6 Å². The number of aryl methyl sites for hydroxylation is 1. The number of H-pyrrole nitrogens is 1. The third-order valence-electron chi connectivity index (χ3n) is 3.91. The number of aromatic nitrogens is 2. The molecule has 25 heavy (non-hydrogen) atoms. The van der Waals surface area contributed by atoms with Crippen molar-refractivity contribution in [3.8, 4) is 5.69 Å². The summed E-state index contributed by atoms with van der Waals surface area (Å²) in [6.07, 6.45) is 0.722. The molecule has 128 valence electrons. The lowest BCUT2D eigenvalue weighted by Gasteiger charge is -2.12. The highest BCUT2D eigenvalue weighted by Crippen LogP contribution is 2.19. The monoisotopic (exact) mass is 337 g/mol. The number of aliphatic hydroxyl groups excluding tert-OH is 1. The van der Waals surface area contributed by atoms with Crippen LogP contribution in [0.2, 0.25) is 0 Å². The summed E-state index contributed by atoms with van der Waals surface area (Å²) in [5.41, 5.74) is 2.45. The molecule has 0 aliphatic heterocycles. The molecule has 0 aliphatic rings. The van der Waals surface area contributed by atoms with Crippen molar-refractivity contribution in [2.75, 3.05) is 5.32 Å². The van der Waals surface area contributed by atoms with Crippen LogP contribution in [0.3, 0.4) is 0 Å². The van der Waals surface area contributed by atoms with Crippen molar-refractivity contribution in [2.45, 2.75) is 19.4 Å². The molecule has 0 fully saturated rings. The van der Waals surface area contributed by atoms with Gasteiger partial charge in [0.15, 0.2) is 0 Å². The SMILES string of the molecule is Cc1c[nH]c(=O)n1-c1cccc(NC(=O)CC(O)c2ccccc2)c1. The number of anilines is 1. The minimum atomic E-state index is -0.862. The normalized spacial score (nSPS) is 11.9. The van der Waals surface area contributed by atoms with Gasteiger partial charge in [-0.15, -0.1) is 0 Å². The van der Waals surface area contributed by atoms with E-state index in [9.17, 15) is 14.7 Å². The predicted octanol–water partition coefficient (Wildman–Crippen LogP) is 2.54. The molecule has 0 saturated heterocycles. The van der Waals surface area contributed by atoms with Crippen LogP contribution in [0, 0.1) is 6.92 Å². The molecule has 1 heterocycles. The van der Waals surface area contributed by atoms with E-state index in [0.717, 1.165) is 5.69 Å². The fourth-order valence-electron chi connectivity index (χ4n) is 2.68. The average molecular weight is 337 g/mol. The Bertz CT molecular complexity index is 928. The van der Waals surface area contributed by atoms with Crippen molar-refractivity contribution >= 4 is 11.6 Å². The Morgan fingerprint density at radius 3 is 2.64 bits per heavy atom. The third kappa shape index (κ3) is 3.87. The maximum atomic E-state index is 12.2. The van der Waals surface area contributed by atoms with E-state index in [4.69, 9.17) is 0 Å². The van der Waals surface area contributed by atoms with Crippen LogP contribution in [0.5, 0.6) is 0 Å². The second kappa shape index (κ2) is 7.19. The number of rotatable bonds is 5. The smallest absolute Gasteiger partial charge is 0.330 e. The van der Waals surface area contributed by atoms with Crippen LogP contribution in [-0.2, 0) is 4.79 Å². The molecule has 1 unspecified atom stereocenters.